The zero-order valence-corrected chi connectivity index (χ0v) is 23.2. The van der Waals surface area contributed by atoms with Gasteiger partial charge >= 0.3 is 12.1 Å². The van der Waals surface area contributed by atoms with Crippen LogP contribution in [0, 0.1) is 0 Å². The lowest BCUT2D eigenvalue weighted by Gasteiger charge is -2.28. The number of nitrogens with zero attached hydrogens (tertiary/aromatic N) is 2. The van der Waals surface area contributed by atoms with Crippen LogP contribution in [0.2, 0.25) is 0 Å². The van der Waals surface area contributed by atoms with Crippen LogP contribution in [0.3, 0.4) is 0 Å². The van der Waals surface area contributed by atoms with Gasteiger partial charge in [0.2, 0.25) is 10.0 Å². The number of benzene rings is 1. The molecule has 0 atom stereocenters. The van der Waals surface area contributed by atoms with Crippen molar-refractivity contribution in [2.45, 2.75) is 44.2 Å². The second-order valence-electron chi connectivity index (χ2n) is 9.52. The third-order valence-electron chi connectivity index (χ3n) is 6.32. The molecular weight excluding hydrogens is 550 g/mol. The minimum atomic E-state index is -3.86. The van der Waals surface area contributed by atoms with Gasteiger partial charge in [0.15, 0.2) is 0 Å². The van der Waals surface area contributed by atoms with E-state index < -0.39 is 39.5 Å². The molecule has 0 spiro atoms. The number of anilines is 1. The largest absolute Gasteiger partial charge is 0.450 e. The molecule has 4 N–H and O–H groups in total. The average molecular weight is 580 g/mol. The first-order valence-electron chi connectivity index (χ1n) is 12.0. The molecule has 1 fully saturated rings. The fourth-order valence-corrected chi connectivity index (χ4v) is 7.28. The summed E-state index contributed by atoms with van der Waals surface area (Å²) in [6.07, 6.45) is -0.199. The molecule has 4 rings (SSSR count). The minimum Gasteiger partial charge on any atom is -0.450 e. The predicted molar refractivity (Wildman–Crippen MR) is 141 cm³/mol. The van der Waals surface area contributed by atoms with Gasteiger partial charge in [-0.2, -0.15) is 4.31 Å². The number of carbonyl (C=O) groups is 4. The number of urea groups is 1. The van der Waals surface area contributed by atoms with Crippen molar-refractivity contribution >= 4 is 50.3 Å². The molecule has 1 aromatic heterocycles. The summed E-state index contributed by atoms with van der Waals surface area (Å²) >= 11 is 1.09. The van der Waals surface area contributed by atoms with Gasteiger partial charge in [0, 0.05) is 17.0 Å². The smallest absolute Gasteiger partial charge is 0.410 e. The summed E-state index contributed by atoms with van der Waals surface area (Å²) < 4.78 is 37.8. The third kappa shape index (κ3) is 5.75. The third-order valence-corrected chi connectivity index (χ3v) is 9.50. The van der Waals surface area contributed by atoms with Gasteiger partial charge in [-0.25, -0.2) is 18.0 Å². The fraction of sp³-hybridized carbons (Fsp3) is 0.417. The number of nitrogens with two attached hydrogens (primary N) is 1. The summed E-state index contributed by atoms with van der Waals surface area (Å²) in [5.74, 6) is -1.38. The molecule has 2 aliphatic heterocycles. The van der Waals surface area contributed by atoms with Crippen LogP contribution in [0.15, 0.2) is 29.2 Å². The molecule has 13 nitrogen and oxygen atoms in total. The first-order chi connectivity index (χ1) is 18.3. The monoisotopic (exact) mass is 579 g/mol. The zero-order chi connectivity index (χ0) is 28.5. The number of nitrogens with one attached hydrogen (secondary N) is 2. The van der Waals surface area contributed by atoms with Crippen LogP contribution in [-0.2, 0) is 32.5 Å². The van der Waals surface area contributed by atoms with E-state index in [-0.39, 0.29) is 54.1 Å². The summed E-state index contributed by atoms with van der Waals surface area (Å²) in [7, 11) is -3.86. The van der Waals surface area contributed by atoms with Crippen LogP contribution < -0.4 is 16.4 Å². The van der Waals surface area contributed by atoms with E-state index in [2.05, 4.69) is 5.32 Å². The first kappa shape index (κ1) is 28.5. The standard InChI is InChI=1S/C24H29N5O8S2/c1-4-37-23(33)28-10-9-16-17(11-28)38-21(18(16)20(31)27-22(25)32)26-19(30)14-5-7-15(8-6-14)39(34,35)29-13-36-12-24(29,2)3/h5-8H,4,9-13H2,1-3H3,(H,26,30)(H3,25,27,31,32). The van der Waals surface area contributed by atoms with E-state index in [4.69, 9.17) is 15.2 Å². The van der Waals surface area contributed by atoms with Gasteiger partial charge in [0.25, 0.3) is 11.8 Å². The van der Waals surface area contributed by atoms with Crippen LogP contribution >= 0.6 is 11.3 Å². The molecule has 5 amide bonds. The summed E-state index contributed by atoms with van der Waals surface area (Å²) in [6.45, 7) is 6.07. The van der Waals surface area contributed by atoms with E-state index in [1.165, 1.54) is 33.5 Å². The first-order valence-corrected chi connectivity index (χ1v) is 14.3. The Kier molecular flexibility index (Phi) is 7.97. The highest BCUT2D eigenvalue weighted by Crippen LogP contribution is 2.38. The van der Waals surface area contributed by atoms with E-state index in [0.717, 1.165) is 11.3 Å². The highest BCUT2D eigenvalue weighted by molar-refractivity contribution is 7.89. The highest BCUT2D eigenvalue weighted by Gasteiger charge is 2.42. The zero-order valence-electron chi connectivity index (χ0n) is 21.6. The van der Waals surface area contributed by atoms with Crippen molar-refractivity contribution in [1.29, 1.82) is 0 Å². The van der Waals surface area contributed by atoms with Crippen LogP contribution in [0.4, 0.5) is 14.6 Å². The Morgan fingerprint density at radius 3 is 2.44 bits per heavy atom. The van der Waals surface area contributed by atoms with Gasteiger partial charge in [-0.1, -0.05) is 0 Å². The van der Waals surface area contributed by atoms with Gasteiger partial charge in [0.1, 0.15) is 11.7 Å². The summed E-state index contributed by atoms with van der Waals surface area (Å²) in [4.78, 5) is 51.7. The van der Waals surface area contributed by atoms with E-state index in [1.807, 2.05) is 5.32 Å². The van der Waals surface area contributed by atoms with Crippen LogP contribution in [0.1, 0.15) is 51.9 Å². The molecule has 3 heterocycles. The Hall–Kier alpha value is -3.53. The number of hydrogen-bond acceptors (Lipinski definition) is 9. The molecule has 15 heteroatoms. The Labute approximate surface area is 229 Å². The van der Waals surface area contributed by atoms with E-state index in [1.54, 1.807) is 20.8 Å². The number of imide groups is 1. The maximum absolute atomic E-state index is 13.1. The summed E-state index contributed by atoms with van der Waals surface area (Å²) in [5.41, 5.74) is 5.25. The van der Waals surface area contributed by atoms with Crippen molar-refractivity contribution in [1.82, 2.24) is 14.5 Å². The lowest BCUT2D eigenvalue weighted by molar-refractivity contribution is 0.0965. The number of carbonyl (C=O) groups excluding carboxylic acids is 4. The van der Waals surface area contributed by atoms with Gasteiger partial charge < -0.3 is 25.4 Å². The predicted octanol–water partition coefficient (Wildman–Crippen LogP) is 2.08. The molecule has 1 saturated heterocycles. The molecule has 0 unspecified atom stereocenters. The number of amides is 5. The van der Waals surface area contributed by atoms with Crippen molar-refractivity contribution in [3.63, 3.8) is 0 Å². The van der Waals surface area contributed by atoms with Crippen molar-refractivity contribution in [3.05, 3.63) is 45.8 Å². The molecular formula is C24H29N5O8S2. The van der Waals surface area contributed by atoms with Gasteiger partial charge in [-0.3, -0.25) is 14.9 Å². The molecule has 0 bridgehead atoms. The van der Waals surface area contributed by atoms with Crippen molar-refractivity contribution < 1.29 is 37.1 Å². The minimum absolute atomic E-state index is 0.00444. The van der Waals surface area contributed by atoms with Gasteiger partial charge in [-0.05, 0) is 57.0 Å². The van der Waals surface area contributed by atoms with Crippen molar-refractivity contribution in [2.24, 2.45) is 5.73 Å². The maximum atomic E-state index is 13.1. The second-order valence-corrected chi connectivity index (χ2v) is 12.5. The number of fused-ring (bicyclic) bond motifs is 1. The Morgan fingerprint density at radius 1 is 1.15 bits per heavy atom. The van der Waals surface area contributed by atoms with Crippen molar-refractivity contribution in [3.8, 4) is 0 Å². The highest BCUT2D eigenvalue weighted by atomic mass is 32.2. The Bertz CT molecular complexity index is 1420. The maximum Gasteiger partial charge on any atom is 0.410 e. The van der Waals surface area contributed by atoms with E-state index >= 15 is 0 Å². The number of ether oxygens (including phenoxy) is 2. The van der Waals surface area contributed by atoms with Crippen LogP contribution in [0.25, 0.3) is 0 Å². The number of rotatable bonds is 6. The topological polar surface area (TPSA) is 177 Å². The normalized spacial score (nSPS) is 16.8. The Morgan fingerprint density at radius 2 is 1.85 bits per heavy atom. The molecule has 0 radical (unpaired) electrons. The summed E-state index contributed by atoms with van der Waals surface area (Å²) in [6, 6.07) is 4.34. The van der Waals surface area contributed by atoms with Crippen LogP contribution in [0.5, 0.6) is 0 Å². The summed E-state index contributed by atoms with van der Waals surface area (Å²) in [5, 5.41) is 4.88. The second kappa shape index (κ2) is 10.9. The number of primary amides is 1. The number of sulfonamides is 1. The molecule has 2 aromatic rings. The van der Waals surface area contributed by atoms with E-state index in [0.29, 0.717) is 16.9 Å². The molecule has 39 heavy (non-hydrogen) atoms. The van der Waals surface area contributed by atoms with E-state index in [9.17, 15) is 27.6 Å². The fourth-order valence-electron chi connectivity index (χ4n) is 4.38. The molecule has 210 valence electrons. The molecule has 2 aliphatic rings. The quantitative estimate of drug-likeness (QED) is 0.466. The van der Waals surface area contributed by atoms with Gasteiger partial charge in [0.05, 0.1) is 35.8 Å². The lowest BCUT2D eigenvalue weighted by Crippen LogP contribution is -2.44. The number of thiophene rings is 1. The average Bonchev–Trinajstić information content (AvgIpc) is 3.42. The number of hydrogen-bond donors (Lipinski definition) is 3. The molecule has 0 saturated carbocycles. The van der Waals surface area contributed by atoms with Gasteiger partial charge in [-0.15, -0.1) is 11.3 Å². The van der Waals surface area contributed by atoms with Crippen LogP contribution in [-0.4, -0.2) is 73.6 Å². The Balaban J connectivity index is 1.59. The molecule has 1 aromatic carbocycles. The SMILES string of the molecule is CCOC(=O)N1CCc2c(sc(NC(=O)c3ccc(S(=O)(=O)N4COCC4(C)C)cc3)c2C(=O)NC(N)=O)C1. The lowest BCUT2D eigenvalue weighted by atomic mass is 10.0. The molecule has 0 aliphatic carbocycles. The van der Waals surface area contributed by atoms with Crippen molar-refractivity contribution in [2.75, 3.05) is 31.8 Å².